The minimum atomic E-state index is -0.421. The Hall–Kier alpha value is -7.11. The van der Waals surface area contributed by atoms with Crippen LogP contribution in [-0.2, 0) is 21.7 Å². The maximum absolute atomic E-state index is 9.36. The van der Waals surface area contributed by atoms with Crippen LogP contribution in [-0.4, -0.2) is 16.2 Å². The van der Waals surface area contributed by atoms with Crippen LogP contribution in [0.25, 0.3) is 49.9 Å². The third-order valence-electron chi connectivity index (χ3n) is 13.6. The molecule has 3 heterocycles. The summed E-state index contributed by atoms with van der Waals surface area (Å²) in [6, 6.07) is 45.0. The second-order valence-electron chi connectivity index (χ2n) is 22.7. The summed E-state index contributed by atoms with van der Waals surface area (Å²) in [6.45, 7) is 26.8. The number of aromatic nitrogens is 2. The van der Waals surface area contributed by atoms with Crippen LogP contribution in [0.3, 0.4) is 0 Å². The number of nitrogens with zero attached hydrogens (tertiary/aromatic N) is 4. The summed E-state index contributed by atoms with van der Waals surface area (Å²) in [5.41, 5.74) is 12.2. The fraction of sp³-hybridized carbons (Fsp3) is 0.266. The van der Waals surface area contributed by atoms with Crippen molar-refractivity contribution in [2.75, 3.05) is 16.5 Å². The molecular formula is C64H66N4O. The molecule has 0 spiro atoms. The van der Waals surface area contributed by atoms with Crippen LogP contribution in [0, 0.1) is 0 Å². The topological polar surface area (TPSA) is 33.5 Å². The number of pyridine rings is 1. The molecule has 0 radical (unpaired) electrons. The van der Waals surface area contributed by atoms with Gasteiger partial charge in [-0.25, -0.2) is 4.98 Å². The third kappa shape index (κ3) is 8.69. The Bertz CT molecular complexity index is 3670. The normalized spacial score (nSPS) is 14.4. The molecule has 348 valence electrons. The van der Waals surface area contributed by atoms with Gasteiger partial charge in [-0.05, 0) is 128 Å². The smallest absolute Gasteiger partial charge is 0.137 e. The van der Waals surface area contributed by atoms with Crippen molar-refractivity contribution in [1.29, 1.82) is 0 Å². The van der Waals surface area contributed by atoms with Crippen LogP contribution in [0.1, 0.15) is 112 Å². The average Bonchev–Trinajstić information content (AvgIpc) is 3.91. The molecular weight excluding hydrogens is 841 g/mol. The highest BCUT2D eigenvalue weighted by molar-refractivity contribution is 6.10. The number of para-hydroxylation sites is 2. The van der Waals surface area contributed by atoms with Crippen molar-refractivity contribution in [3.05, 3.63) is 192 Å². The van der Waals surface area contributed by atoms with Gasteiger partial charge in [0, 0.05) is 45.9 Å². The molecule has 1 aliphatic rings. The first-order valence-corrected chi connectivity index (χ1v) is 24.1. The van der Waals surface area contributed by atoms with E-state index in [1.807, 2.05) is 42.6 Å². The van der Waals surface area contributed by atoms with Gasteiger partial charge in [-0.3, -0.25) is 4.57 Å². The maximum atomic E-state index is 9.36. The lowest BCUT2D eigenvalue weighted by atomic mass is 9.81. The van der Waals surface area contributed by atoms with Crippen LogP contribution in [0.4, 0.5) is 22.7 Å². The molecule has 2 aromatic heterocycles. The second-order valence-corrected chi connectivity index (χ2v) is 22.7. The number of fused-ring (bicyclic) bond motifs is 4. The van der Waals surface area contributed by atoms with Crippen LogP contribution < -0.4 is 14.5 Å². The fourth-order valence-corrected chi connectivity index (χ4v) is 9.57. The minimum absolute atomic E-state index is 0.0299. The van der Waals surface area contributed by atoms with Crippen molar-refractivity contribution >= 4 is 44.6 Å². The van der Waals surface area contributed by atoms with Crippen molar-refractivity contribution in [2.45, 2.75) is 105 Å². The number of anilines is 4. The lowest BCUT2D eigenvalue weighted by Crippen LogP contribution is -2.25. The molecule has 0 fully saturated rings. The number of rotatable bonds is 7. The molecule has 0 amide bonds. The van der Waals surface area contributed by atoms with Gasteiger partial charge in [0.05, 0.1) is 34.9 Å². The Kier molecular flexibility index (Phi) is 9.72. The van der Waals surface area contributed by atoms with Crippen LogP contribution in [0.15, 0.2) is 170 Å². The Morgan fingerprint density at radius 3 is 1.80 bits per heavy atom. The van der Waals surface area contributed by atoms with E-state index in [1.54, 1.807) is 0 Å². The van der Waals surface area contributed by atoms with E-state index in [-0.39, 0.29) is 51.4 Å². The van der Waals surface area contributed by atoms with E-state index in [1.165, 1.54) is 11.1 Å². The van der Waals surface area contributed by atoms with E-state index in [0.717, 1.165) is 72.6 Å². The van der Waals surface area contributed by atoms with Gasteiger partial charge >= 0.3 is 0 Å². The summed E-state index contributed by atoms with van der Waals surface area (Å²) >= 11 is 0. The van der Waals surface area contributed by atoms with Gasteiger partial charge < -0.3 is 14.5 Å². The molecule has 5 nitrogen and oxygen atoms in total. The average molecular weight is 912 g/mol. The van der Waals surface area contributed by atoms with Crippen molar-refractivity contribution in [3.8, 4) is 39.6 Å². The SMILES string of the molecule is [2H]c1c([2H])c([2H])c(-c2cc(C(C)(C)C)cc(-c3cccc(C(C)(C)C)c3)c2N2CN(c3cccc(Oc4ccc5c6cc(C(C)(C)C)ccc6n(-c6cc(C(C)(C)C)ccn6)c5c4)c3)c3ccccc32)c([2H])c1[2H]. The van der Waals surface area contributed by atoms with E-state index in [2.05, 4.69) is 195 Å². The zero-order chi connectivity index (χ0) is 53.0. The Morgan fingerprint density at radius 1 is 0.478 bits per heavy atom. The first-order chi connectivity index (χ1) is 34.8. The molecule has 7 aromatic carbocycles. The predicted molar refractivity (Wildman–Crippen MR) is 293 cm³/mol. The van der Waals surface area contributed by atoms with E-state index in [9.17, 15) is 2.74 Å². The summed E-state index contributed by atoms with van der Waals surface area (Å²) in [4.78, 5) is 9.44. The first kappa shape index (κ1) is 39.8. The van der Waals surface area contributed by atoms with Crippen LogP contribution in [0.2, 0.25) is 0 Å². The summed E-state index contributed by atoms with van der Waals surface area (Å²) in [5, 5.41) is 2.28. The predicted octanol–water partition coefficient (Wildman–Crippen LogP) is 17.7. The molecule has 0 N–H and O–H groups in total. The number of hydrogen-bond acceptors (Lipinski definition) is 4. The quantitative estimate of drug-likeness (QED) is 0.160. The fourth-order valence-electron chi connectivity index (χ4n) is 9.57. The van der Waals surface area contributed by atoms with Crippen LogP contribution in [0.5, 0.6) is 11.5 Å². The zero-order valence-corrected chi connectivity index (χ0v) is 42.2. The van der Waals surface area contributed by atoms with E-state index in [4.69, 9.17) is 13.8 Å². The number of benzene rings is 7. The van der Waals surface area contributed by atoms with Gasteiger partial charge in [-0.1, -0.05) is 162 Å². The van der Waals surface area contributed by atoms with E-state index in [0.29, 0.717) is 23.7 Å². The third-order valence-corrected chi connectivity index (χ3v) is 13.6. The standard InChI is InChI=1S/C64H66N4O/c1-61(2,3)44-23-18-22-43(34-44)53-37-47(64(10,11)12)36-52(42-20-14-13-15-21-42)60(53)67-41-66(56-26-16-17-27-57(56)67)48-24-19-25-49(39-48)69-50-29-30-51-54-35-45(62(4,5)6)28-31-55(54)68(58(51)40-50)59-38-46(32-33-65-59)63(7,8)9/h13-40H,41H2,1-12H3/i13D,14D,15D,20D,21D. The molecule has 0 aliphatic carbocycles. The molecule has 0 saturated carbocycles. The van der Waals surface area contributed by atoms with Gasteiger partial charge in [-0.15, -0.1) is 0 Å². The Morgan fingerprint density at radius 2 is 1.10 bits per heavy atom. The molecule has 0 unspecified atom stereocenters. The highest BCUT2D eigenvalue weighted by atomic mass is 16.5. The van der Waals surface area contributed by atoms with Gasteiger partial charge in [0.2, 0.25) is 0 Å². The summed E-state index contributed by atoms with van der Waals surface area (Å²) < 4.78 is 54.1. The molecule has 0 atom stereocenters. The molecule has 9 aromatic rings. The monoisotopic (exact) mass is 912 g/mol. The second kappa shape index (κ2) is 16.8. The molecule has 1 aliphatic heterocycles. The number of ether oxygens (including phenoxy) is 1. The lowest BCUT2D eigenvalue weighted by Gasteiger charge is -2.30. The van der Waals surface area contributed by atoms with Crippen molar-refractivity contribution in [3.63, 3.8) is 0 Å². The van der Waals surface area contributed by atoms with Gasteiger partial charge in [-0.2, -0.15) is 0 Å². The number of hydrogen-bond donors (Lipinski definition) is 0. The minimum Gasteiger partial charge on any atom is -0.457 e. The van der Waals surface area contributed by atoms with E-state index < -0.39 is 6.04 Å². The van der Waals surface area contributed by atoms with Gasteiger partial charge in [0.1, 0.15) is 24.0 Å². The maximum Gasteiger partial charge on any atom is 0.137 e. The zero-order valence-electron chi connectivity index (χ0n) is 47.2. The highest BCUT2D eigenvalue weighted by Crippen LogP contribution is 2.52. The van der Waals surface area contributed by atoms with Crippen molar-refractivity contribution < 1.29 is 11.6 Å². The van der Waals surface area contributed by atoms with Crippen molar-refractivity contribution in [1.82, 2.24) is 9.55 Å². The first-order valence-electron chi connectivity index (χ1n) is 26.6. The summed E-state index contributed by atoms with van der Waals surface area (Å²) in [7, 11) is 0. The summed E-state index contributed by atoms with van der Waals surface area (Å²) in [5.74, 6) is 2.21. The largest absolute Gasteiger partial charge is 0.457 e. The molecule has 0 saturated heterocycles. The van der Waals surface area contributed by atoms with Crippen LogP contribution >= 0.6 is 0 Å². The Balaban J connectivity index is 1.11. The molecule has 69 heavy (non-hydrogen) atoms. The summed E-state index contributed by atoms with van der Waals surface area (Å²) in [6.07, 6.45) is 1.91. The Labute approximate surface area is 417 Å². The van der Waals surface area contributed by atoms with Gasteiger partial charge in [0.15, 0.2) is 0 Å². The molecule has 5 heteroatoms. The molecule has 10 rings (SSSR count). The van der Waals surface area contributed by atoms with E-state index >= 15 is 0 Å². The molecule has 0 bridgehead atoms. The lowest BCUT2D eigenvalue weighted by molar-refractivity contribution is 0.483. The highest BCUT2D eigenvalue weighted by Gasteiger charge is 2.33. The van der Waals surface area contributed by atoms with Gasteiger partial charge in [0.25, 0.3) is 0 Å². The van der Waals surface area contributed by atoms with Crippen molar-refractivity contribution in [2.24, 2.45) is 0 Å².